The van der Waals surface area contributed by atoms with Crippen molar-refractivity contribution in [1.82, 2.24) is 10.3 Å². The molecule has 6 nitrogen and oxygen atoms in total. The van der Waals surface area contributed by atoms with E-state index in [0.29, 0.717) is 23.5 Å². The second-order valence-corrected chi connectivity index (χ2v) is 5.16. The van der Waals surface area contributed by atoms with Crippen molar-refractivity contribution >= 4 is 11.7 Å². The summed E-state index contributed by atoms with van der Waals surface area (Å²) in [5.74, 6) is 0.524. The monoisotopic (exact) mass is 310 g/mol. The highest BCUT2D eigenvalue weighted by molar-refractivity contribution is 5.91. The van der Waals surface area contributed by atoms with Crippen molar-refractivity contribution in [3.05, 3.63) is 53.9 Å². The molecule has 2 rings (SSSR count). The van der Waals surface area contributed by atoms with Gasteiger partial charge in [-0.2, -0.15) is 5.26 Å². The Balaban J connectivity index is 2.05. The summed E-state index contributed by atoms with van der Waals surface area (Å²) in [5.41, 5.74) is 1.80. The fourth-order valence-corrected chi connectivity index (χ4v) is 1.91. The minimum atomic E-state index is -0.377. The molecule has 0 fully saturated rings. The van der Waals surface area contributed by atoms with E-state index in [1.807, 2.05) is 26.0 Å². The average molecular weight is 310 g/mol. The molecular weight excluding hydrogens is 292 g/mol. The third-order valence-corrected chi connectivity index (χ3v) is 2.90. The number of nitriles is 1. The predicted octanol–water partition coefficient (Wildman–Crippen LogP) is 3.06. The smallest absolute Gasteiger partial charge is 0.319 e. The number of amides is 2. The fourth-order valence-electron chi connectivity index (χ4n) is 1.91. The number of aromatic nitrogens is 1. The topological polar surface area (TPSA) is 87.0 Å². The number of ether oxygens (including phenoxy) is 1. The normalized spacial score (nSPS) is 10.0. The van der Waals surface area contributed by atoms with Crippen molar-refractivity contribution in [2.24, 2.45) is 0 Å². The molecule has 0 aliphatic carbocycles. The average Bonchev–Trinajstić information content (AvgIpc) is 2.55. The van der Waals surface area contributed by atoms with Crippen LogP contribution in [0.2, 0.25) is 0 Å². The van der Waals surface area contributed by atoms with Crippen LogP contribution in [-0.2, 0) is 6.54 Å². The SMILES string of the molecule is CC(C)Oc1ccc(C#N)cc1NC(=O)NCc1cccnc1. The second-order valence-electron chi connectivity index (χ2n) is 5.16. The molecule has 0 saturated carbocycles. The van der Waals surface area contributed by atoms with Gasteiger partial charge in [0.15, 0.2) is 0 Å². The van der Waals surface area contributed by atoms with Gasteiger partial charge in [-0.3, -0.25) is 4.98 Å². The van der Waals surface area contributed by atoms with Gasteiger partial charge in [-0.05, 0) is 43.7 Å². The molecule has 0 bridgehead atoms. The van der Waals surface area contributed by atoms with Crippen LogP contribution in [0.25, 0.3) is 0 Å². The zero-order valence-corrected chi connectivity index (χ0v) is 13.0. The third kappa shape index (κ3) is 5.00. The van der Waals surface area contributed by atoms with E-state index in [0.717, 1.165) is 5.56 Å². The fraction of sp³-hybridized carbons (Fsp3) is 0.235. The summed E-state index contributed by atoms with van der Waals surface area (Å²) >= 11 is 0. The third-order valence-electron chi connectivity index (χ3n) is 2.90. The van der Waals surface area contributed by atoms with Crippen LogP contribution in [0.3, 0.4) is 0 Å². The highest BCUT2D eigenvalue weighted by Gasteiger charge is 2.10. The summed E-state index contributed by atoms with van der Waals surface area (Å²) in [6.45, 7) is 4.15. The zero-order valence-electron chi connectivity index (χ0n) is 13.0. The number of pyridine rings is 1. The molecule has 1 aromatic heterocycles. The van der Waals surface area contributed by atoms with Gasteiger partial charge in [0, 0.05) is 18.9 Å². The van der Waals surface area contributed by atoms with Crippen LogP contribution in [0.4, 0.5) is 10.5 Å². The molecule has 6 heteroatoms. The summed E-state index contributed by atoms with van der Waals surface area (Å²) < 4.78 is 5.65. The lowest BCUT2D eigenvalue weighted by molar-refractivity contribution is 0.241. The highest BCUT2D eigenvalue weighted by atomic mass is 16.5. The van der Waals surface area contributed by atoms with Gasteiger partial charge in [-0.25, -0.2) is 4.79 Å². The second kappa shape index (κ2) is 7.80. The van der Waals surface area contributed by atoms with E-state index in [1.54, 1.807) is 36.7 Å². The van der Waals surface area contributed by atoms with Gasteiger partial charge < -0.3 is 15.4 Å². The molecule has 0 aliphatic rings. The molecule has 0 saturated heterocycles. The Morgan fingerprint density at radius 2 is 2.22 bits per heavy atom. The van der Waals surface area contributed by atoms with E-state index >= 15 is 0 Å². The Hall–Kier alpha value is -3.07. The van der Waals surface area contributed by atoms with Crippen LogP contribution in [0.5, 0.6) is 5.75 Å². The summed E-state index contributed by atoms with van der Waals surface area (Å²) in [7, 11) is 0. The van der Waals surface area contributed by atoms with Gasteiger partial charge in [0.1, 0.15) is 5.75 Å². The Morgan fingerprint density at radius 3 is 2.87 bits per heavy atom. The lowest BCUT2D eigenvalue weighted by Gasteiger charge is -2.15. The number of hydrogen-bond acceptors (Lipinski definition) is 4. The minimum Gasteiger partial charge on any atom is -0.489 e. The number of benzene rings is 1. The Labute approximate surface area is 135 Å². The Kier molecular flexibility index (Phi) is 5.53. The molecule has 23 heavy (non-hydrogen) atoms. The number of rotatable bonds is 5. The number of anilines is 1. The first-order valence-electron chi connectivity index (χ1n) is 7.23. The van der Waals surface area contributed by atoms with E-state index in [9.17, 15) is 4.79 Å². The van der Waals surface area contributed by atoms with Crippen molar-refractivity contribution in [1.29, 1.82) is 5.26 Å². The first-order chi connectivity index (χ1) is 11.1. The molecule has 2 aromatic rings. The summed E-state index contributed by atoms with van der Waals surface area (Å²) in [6, 6.07) is 10.3. The summed E-state index contributed by atoms with van der Waals surface area (Å²) in [4.78, 5) is 16.0. The van der Waals surface area contributed by atoms with Crippen LogP contribution in [0, 0.1) is 11.3 Å². The number of nitrogens with zero attached hydrogens (tertiary/aromatic N) is 2. The lowest BCUT2D eigenvalue weighted by atomic mass is 10.2. The van der Waals surface area contributed by atoms with E-state index in [4.69, 9.17) is 10.00 Å². The standard InChI is InChI=1S/C17H18N4O2/c1-12(2)23-16-6-5-13(9-18)8-15(16)21-17(22)20-11-14-4-3-7-19-10-14/h3-8,10,12H,11H2,1-2H3,(H2,20,21,22). The van der Waals surface area contributed by atoms with Gasteiger partial charge in [-0.1, -0.05) is 6.07 Å². The van der Waals surface area contributed by atoms with Crippen molar-refractivity contribution in [3.8, 4) is 11.8 Å². The minimum absolute atomic E-state index is 0.0399. The van der Waals surface area contributed by atoms with Gasteiger partial charge in [0.25, 0.3) is 0 Å². The molecule has 1 aromatic carbocycles. The van der Waals surface area contributed by atoms with Crippen LogP contribution in [0.1, 0.15) is 25.0 Å². The number of urea groups is 1. The first kappa shape index (κ1) is 16.3. The predicted molar refractivity (Wildman–Crippen MR) is 87.0 cm³/mol. The first-order valence-corrected chi connectivity index (χ1v) is 7.23. The number of carbonyl (C=O) groups excluding carboxylic acids is 1. The van der Waals surface area contributed by atoms with Gasteiger partial charge in [0.2, 0.25) is 0 Å². The van der Waals surface area contributed by atoms with Gasteiger partial charge >= 0.3 is 6.03 Å². The zero-order chi connectivity index (χ0) is 16.7. The highest BCUT2D eigenvalue weighted by Crippen LogP contribution is 2.26. The summed E-state index contributed by atoms with van der Waals surface area (Å²) in [5, 5.41) is 14.4. The van der Waals surface area contributed by atoms with Crippen molar-refractivity contribution in [3.63, 3.8) is 0 Å². The molecule has 0 aliphatic heterocycles. The molecule has 1 heterocycles. The number of hydrogen-bond donors (Lipinski definition) is 2. The van der Waals surface area contributed by atoms with Gasteiger partial charge in [0.05, 0.1) is 23.4 Å². The largest absolute Gasteiger partial charge is 0.489 e. The molecule has 0 atom stereocenters. The molecule has 2 N–H and O–H groups in total. The van der Waals surface area contributed by atoms with Crippen LogP contribution >= 0.6 is 0 Å². The maximum absolute atomic E-state index is 12.0. The summed E-state index contributed by atoms with van der Waals surface area (Å²) in [6.07, 6.45) is 3.32. The van der Waals surface area contributed by atoms with Crippen LogP contribution in [0.15, 0.2) is 42.7 Å². The molecule has 118 valence electrons. The molecule has 0 radical (unpaired) electrons. The molecule has 2 amide bonds. The maximum Gasteiger partial charge on any atom is 0.319 e. The maximum atomic E-state index is 12.0. The van der Waals surface area contributed by atoms with E-state index in [-0.39, 0.29) is 12.1 Å². The quantitative estimate of drug-likeness (QED) is 0.888. The lowest BCUT2D eigenvalue weighted by Crippen LogP contribution is -2.28. The van der Waals surface area contributed by atoms with Gasteiger partial charge in [-0.15, -0.1) is 0 Å². The molecule has 0 spiro atoms. The van der Waals surface area contributed by atoms with Crippen LogP contribution in [-0.4, -0.2) is 17.1 Å². The molecule has 0 unspecified atom stereocenters. The Morgan fingerprint density at radius 1 is 1.39 bits per heavy atom. The number of carbonyl (C=O) groups is 1. The van der Waals surface area contributed by atoms with Crippen molar-refractivity contribution < 1.29 is 9.53 Å². The van der Waals surface area contributed by atoms with E-state index in [2.05, 4.69) is 15.6 Å². The Bertz CT molecular complexity index is 708. The van der Waals surface area contributed by atoms with Crippen LogP contribution < -0.4 is 15.4 Å². The molecular formula is C17H18N4O2. The van der Waals surface area contributed by atoms with Crippen molar-refractivity contribution in [2.75, 3.05) is 5.32 Å². The van der Waals surface area contributed by atoms with E-state index in [1.165, 1.54) is 0 Å². The van der Waals surface area contributed by atoms with Crippen molar-refractivity contribution in [2.45, 2.75) is 26.5 Å². The number of nitrogens with one attached hydrogen (secondary N) is 2. The van der Waals surface area contributed by atoms with E-state index < -0.39 is 0 Å².